The number of methoxy groups -OCH3 is 2. The van der Waals surface area contributed by atoms with Gasteiger partial charge in [-0.1, -0.05) is 6.92 Å². The van der Waals surface area contributed by atoms with Gasteiger partial charge in [0, 0.05) is 55.6 Å². The van der Waals surface area contributed by atoms with Crippen LogP contribution in [0, 0.1) is 5.92 Å². The van der Waals surface area contributed by atoms with Crippen LogP contribution >= 0.6 is 0 Å². The number of rotatable bonds is 5. The third-order valence-electron chi connectivity index (χ3n) is 5.27. The lowest BCUT2D eigenvalue weighted by Gasteiger charge is -2.51. The number of carbonyl (C=O) groups excluding carboxylic acids is 1. The van der Waals surface area contributed by atoms with Crippen LogP contribution in [0.3, 0.4) is 0 Å². The van der Waals surface area contributed by atoms with Crippen molar-refractivity contribution < 1.29 is 17.1 Å². The summed E-state index contributed by atoms with van der Waals surface area (Å²) in [5, 5.41) is 5.73. The number of hydrogen-bond donors (Lipinski definition) is 2. The van der Waals surface area contributed by atoms with E-state index in [1.807, 2.05) is 0 Å². The lowest BCUT2D eigenvalue weighted by molar-refractivity contribution is -0.242. The molecule has 0 aromatic rings. The van der Waals surface area contributed by atoms with E-state index < -0.39 is 5.79 Å². The minimum atomic E-state index is -0.450. The monoisotopic (exact) mass is 317 g/mol. The number of fused-ring (bicyclic) bond motifs is 1. The van der Waals surface area contributed by atoms with Gasteiger partial charge in [-0.25, -0.2) is 4.79 Å². The summed E-state index contributed by atoms with van der Waals surface area (Å²) in [6, 6.07) is 0.679. The Balaban J connectivity index is 0.00000264. The summed E-state index contributed by atoms with van der Waals surface area (Å²) >= 11 is 0. The molecule has 1 saturated carbocycles. The average molecular weight is 317 g/mol. The number of amides is 2. The van der Waals surface area contributed by atoms with Gasteiger partial charge in [0.15, 0.2) is 5.79 Å². The quantitative estimate of drug-likeness (QED) is 0.762. The molecule has 1 saturated heterocycles. The molecule has 2 N–H and O–H groups in total. The number of nitrogens with one attached hydrogen (secondary N) is 2. The molecule has 2 aliphatic rings. The Labute approximate surface area is 136 Å². The van der Waals surface area contributed by atoms with Crippen molar-refractivity contribution in [1.29, 1.82) is 0 Å². The minimum absolute atomic E-state index is 0. The second-order valence-electron chi connectivity index (χ2n) is 6.54. The number of hydrogen-bond acceptors (Lipinski definition) is 4. The van der Waals surface area contributed by atoms with Crippen molar-refractivity contribution in [1.82, 2.24) is 15.5 Å². The van der Waals surface area contributed by atoms with E-state index in [1.165, 1.54) is 0 Å². The molecule has 2 fully saturated rings. The topological polar surface area (TPSA) is 62.8 Å². The molecule has 0 radical (unpaired) electrons. The summed E-state index contributed by atoms with van der Waals surface area (Å²) in [4.78, 5) is 14.2. The Morgan fingerprint density at radius 1 is 1.41 bits per heavy atom. The molecule has 1 heterocycles. The van der Waals surface area contributed by atoms with Crippen LogP contribution in [0.1, 0.15) is 41.9 Å². The van der Waals surface area contributed by atoms with Crippen LogP contribution in [0.5, 0.6) is 0 Å². The molecule has 6 nitrogen and oxygen atoms in total. The predicted molar refractivity (Wildman–Crippen MR) is 90.0 cm³/mol. The maximum Gasteiger partial charge on any atom is 0.314 e. The van der Waals surface area contributed by atoms with Crippen molar-refractivity contribution in [3.63, 3.8) is 0 Å². The van der Waals surface area contributed by atoms with E-state index in [4.69, 9.17) is 9.47 Å². The first-order chi connectivity index (χ1) is 10.6. The molecule has 0 bridgehead atoms. The van der Waals surface area contributed by atoms with Crippen molar-refractivity contribution >= 4 is 6.03 Å². The summed E-state index contributed by atoms with van der Waals surface area (Å²) in [5.74, 6) is 0.0460. The SMILES string of the molecule is CCCN1C[C@@H](NC(=O)NC)C[C@@H]2CC(OC)(OC)CC[C@H]21.[HH].[HH]. The van der Waals surface area contributed by atoms with Gasteiger partial charge < -0.3 is 20.1 Å². The lowest BCUT2D eigenvalue weighted by Crippen LogP contribution is -2.60. The highest BCUT2D eigenvalue weighted by Gasteiger charge is 2.46. The highest BCUT2D eigenvalue weighted by Crippen LogP contribution is 2.42. The highest BCUT2D eigenvalue weighted by atomic mass is 16.7. The Morgan fingerprint density at radius 3 is 2.73 bits per heavy atom. The van der Waals surface area contributed by atoms with Gasteiger partial charge in [0.25, 0.3) is 0 Å². The maximum absolute atomic E-state index is 11.7. The summed E-state index contributed by atoms with van der Waals surface area (Å²) < 4.78 is 11.3. The van der Waals surface area contributed by atoms with Crippen molar-refractivity contribution in [3.8, 4) is 0 Å². The number of likely N-dealkylation sites (tertiary alicyclic amines) is 1. The summed E-state index contributed by atoms with van der Waals surface area (Å²) in [5.41, 5.74) is 0. The van der Waals surface area contributed by atoms with Crippen LogP contribution in [0.2, 0.25) is 0 Å². The smallest absolute Gasteiger partial charge is 0.314 e. The fourth-order valence-corrected chi connectivity index (χ4v) is 4.18. The van der Waals surface area contributed by atoms with E-state index in [0.29, 0.717) is 12.0 Å². The molecule has 3 atom stereocenters. The zero-order valence-corrected chi connectivity index (χ0v) is 14.4. The molecule has 0 aromatic heterocycles. The van der Waals surface area contributed by atoms with Crippen LogP contribution in [0.15, 0.2) is 0 Å². The van der Waals surface area contributed by atoms with Gasteiger partial charge >= 0.3 is 6.03 Å². The van der Waals surface area contributed by atoms with Crippen molar-refractivity contribution in [2.75, 3.05) is 34.4 Å². The predicted octanol–water partition coefficient (Wildman–Crippen LogP) is 2.05. The van der Waals surface area contributed by atoms with Gasteiger partial charge in [0.2, 0.25) is 0 Å². The fraction of sp³-hybridized carbons (Fsp3) is 0.938. The Morgan fingerprint density at radius 2 is 2.14 bits per heavy atom. The number of carbonyl (C=O) groups is 1. The molecule has 0 unspecified atom stereocenters. The Bertz CT molecular complexity index is 384. The van der Waals surface area contributed by atoms with Gasteiger partial charge in [-0.3, -0.25) is 4.90 Å². The van der Waals surface area contributed by atoms with E-state index in [0.717, 1.165) is 45.2 Å². The van der Waals surface area contributed by atoms with E-state index in [1.54, 1.807) is 21.3 Å². The zero-order valence-electron chi connectivity index (χ0n) is 14.4. The molecule has 2 rings (SSSR count). The van der Waals surface area contributed by atoms with Crippen molar-refractivity contribution in [3.05, 3.63) is 0 Å². The Kier molecular flexibility index (Phi) is 6.06. The van der Waals surface area contributed by atoms with Gasteiger partial charge in [-0.15, -0.1) is 0 Å². The first-order valence-electron chi connectivity index (χ1n) is 8.40. The van der Waals surface area contributed by atoms with E-state index in [2.05, 4.69) is 22.5 Å². The molecule has 6 heteroatoms. The van der Waals surface area contributed by atoms with Crippen LogP contribution in [0.4, 0.5) is 4.79 Å². The number of nitrogens with zero attached hydrogens (tertiary/aromatic N) is 1. The number of ether oxygens (including phenoxy) is 2. The number of piperidine rings is 1. The molecule has 1 aliphatic carbocycles. The summed E-state index contributed by atoms with van der Waals surface area (Å²) in [6.07, 6.45) is 5.06. The molecule has 1 aliphatic heterocycles. The molecular weight excluding hydrogens is 282 g/mol. The minimum Gasteiger partial charge on any atom is -0.353 e. The lowest BCUT2D eigenvalue weighted by atomic mass is 9.74. The van der Waals surface area contributed by atoms with E-state index in [9.17, 15) is 4.79 Å². The molecule has 132 valence electrons. The Hall–Kier alpha value is -0.850. The normalized spacial score (nSPS) is 31.4. The molecule has 2 amide bonds. The van der Waals surface area contributed by atoms with Crippen molar-refractivity contribution in [2.24, 2.45) is 5.92 Å². The first kappa shape index (κ1) is 17.5. The van der Waals surface area contributed by atoms with E-state index >= 15 is 0 Å². The highest BCUT2D eigenvalue weighted by molar-refractivity contribution is 5.73. The zero-order chi connectivity index (χ0) is 16.2. The van der Waals surface area contributed by atoms with Gasteiger partial charge in [-0.05, 0) is 31.7 Å². The van der Waals surface area contributed by atoms with Gasteiger partial charge in [0.1, 0.15) is 0 Å². The number of urea groups is 1. The first-order valence-corrected chi connectivity index (χ1v) is 8.40. The molecular formula is C16H35N3O3. The summed E-state index contributed by atoms with van der Waals surface area (Å²) in [6.45, 7) is 4.23. The van der Waals surface area contributed by atoms with Crippen LogP contribution < -0.4 is 10.6 Å². The maximum atomic E-state index is 11.7. The second kappa shape index (κ2) is 7.62. The third kappa shape index (κ3) is 3.73. The average Bonchev–Trinajstić information content (AvgIpc) is 2.54. The van der Waals surface area contributed by atoms with Crippen LogP contribution in [-0.2, 0) is 9.47 Å². The molecule has 0 spiro atoms. The molecule has 0 aromatic carbocycles. The van der Waals surface area contributed by atoms with Crippen LogP contribution in [0.25, 0.3) is 0 Å². The van der Waals surface area contributed by atoms with Crippen LogP contribution in [-0.4, -0.2) is 63.2 Å². The van der Waals surface area contributed by atoms with E-state index in [-0.39, 0.29) is 14.9 Å². The summed E-state index contributed by atoms with van der Waals surface area (Å²) in [7, 11) is 5.12. The fourth-order valence-electron chi connectivity index (χ4n) is 4.18. The molecule has 22 heavy (non-hydrogen) atoms. The van der Waals surface area contributed by atoms with Gasteiger partial charge in [0.05, 0.1) is 0 Å². The standard InChI is InChI=1S/C16H31N3O3.2H2/c1-5-8-19-11-13(18-15(20)17-2)9-12-10-16(21-3,22-4)7-6-14(12)19;;/h12-14H,5-11H2,1-4H3,(H2,17,18,20);2*1H/t12-,13+,14-;;/m1../s1. The largest absolute Gasteiger partial charge is 0.353 e. The van der Waals surface area contributed by atoms with Gasteiger partial charge in [-0.2, -0.15) is 0 Å². The second-order valence-corrected chi connectivity index (χ2v) is 6.54. The van der Waals surface area contributed by atoms with Crippen molar-refractivity contribution in [2.45, 2.75) is 56.9 Å². The third-order valence-corrected chi connectivity index (χ3v) is 5.27.